The van der Waals surface area contributed by atoms with Crippen LogP contribution in [0.3, 0.4) is 0 Å². The smallest absolute Gasteiger partial charge is 0.237 e. The highest BCUT2D eigenvalue weighted by atomic mass is 35.5. The van der Waals surface area contributed by atoms with Crippen molar-refractivity contribution in [2.24, 2.45) is 0 Å². The van der Waals surface area contributed by atoms with Crippen LogP contribution < -0.4 is 4.90 Å². The molecule has 0 saturated carbocycles. The molecule has 16 heavy (non-hydrogen) atoms. The van der Waals surface area contributed by atoms with Gasteiger partial charge in [0.1, 0.15) is 12.2 Å². The summed E-state index contributed by atoms with van der Waals surface area (Å²) in [5, 5.41) is 0. The summed E-state index contributed by atoms with van der Waals surface area (Å²) in [5.41, 5.74) is 1.00. The summed E-state index contributed by atoms with van der Waals surface area (Å²) in [4.78, 5) is 23.3. The Morgan fingerprint density at radius 1 is 1.25 bits per heavy atom. The van der Waals surface area contributed by atoms with E-state index in [0.717, 1.165) is 18.8 Å². The first-order valence-corrected chi connectivity index (χ1v) is 5.68. The molecule has 0 N–H and O–H groups in total. The van der Waals surface area contributed by atoms with Gasteiger partial charge in [-0.1, -0.05) is 0 Å². The maximum atomic E-state index is 11.4. The molecule has 0 radical (unpaired) electrons. The molecule has 0 unspecified atom stereocenters. The lowest BCUT2D eigenvalue weighted by Gasteiger charge is -2.35. The van der Waals surface area contributed by atoms with E-state index < -0.39 is 0 Å². The Kier molecular flexibility index (Phi) is 3.56. The van der Waals surface area contributed by atoms with Crippen LogP contribution in [0.2, 0.25) is 0 Å². The van der Waals surface area contributed by atoms with Crippen LogP contribution in [0.4, 0.5) is 5.69 Å². The first-order valence-electron chi connectivity index (χ1n) is 5.15. The lowest BCUT2D eigenvalue weighted by Crippen LogP contribution is -2.49. The van der Waals surface area contributed by atoms with Crippen LogP contribution in [0.1, 0.15) is 0 Å². The number of hydrogen-bond donors (Lipinski definition) is 0. The Morgan fingerprint density at radius 3 is 2.44 bits per heavy atom. The minimum atomic E-state index is 0.00521. The van der Waals surface area contributed by atoms with Crippen molar-refractivity contribution in [1.82, 2.24) is 14.9 Å². The molecule has 1 fully saturated rings. The molecule has 0 spiro atoms. The molecule has 5 nitrogen and oxygen atoms in total. The summed E-state index contributed by atoms with van der Waals surface area (Å²) in [6.07, 6.45) is 5.08. The van der Waals surface area contributed by atoms with Crippen molar-refractivity contribution >= 4 is 23.2 Å². The van der Waals surface area contributed by atoms with Crippen LogP contribution >= 0.6 is 11.6 Å². The molecule has 0 aliphatic carbocycles. The van der Waals surface area contributed by atoms with Crippen LogP contribution in [-0.4, -0.2) is 52.8 Å². The molecule has 1 saturated heterocycles. The monoisotopic (exact) mass is 240 g/mol. The second-order valence-corrected chi connectivity index (χ2v) is 3.87. The van der Waals surface area contributed by atoms with E-state index in [-0.39, 0.29) is 11.8 Å². The van der Waals surface area contributed by atoms with Crippen molar-refractivity contribution in [1.29, 1.82) is 0 Å². The van der Waals surface area contributed by atoms with E-state index in [2.05, 4.69) is 14.9 Å². The van der Waals surface area contributed by atoms with E-state index in [4.69, 9.17) is 11.6 Å². The van der Waals surface area contributed by atoms with Gasteiger partial charge in [0.05, 0.1) is 18.1 Å². The lowest BCUT2D eigenvalue weighted by atomic mass is 10.3. The Labute approximate surface area is 99.0 Å². The highest BCUT2D eigenvalue weighted by Gasteiger charge is 2.20. The number of carbonyl (C=O) groups is 1. The van der Waals surface area contributed by atoms with E-state index in [1.807, 2.05) is 0 Å². The van der Waals surface area contributed by atoms with Crippen molar-refractivity contribution in [2.75, 3.05) is 37.0 Å². The quantitative estimate of drug-likeness (QED) is 0.701. The number of anilines is 1. The predicted octanol–water partition coefficient (Wildman–Crippen LogP) is 0.364. The summed E-state index contributed by atoms with van der Waals surface area (Å²) >= 11 is 5.51. The molecule has 1 aliphatic rings. The fraction of sp³-hybridized carbons (Fsp3) is 0.500. The number of carbonyl (C=O) groups excluding carboxylic acids is 1. The molecular formula is C10H13ClN4O. The molecule has 1 amide bonds. The van der Waals surface area contributed by atoms with Crippen molar-refractivity contribution in [3.05, 3.63) is 18.7 Å². The molecule has 0 atom stereocenters. The molecule has 86 valence electrons. The summed E-state index contributed by atoms with van der Waals surface area (Å²) in [6.45, 7) is 3.02. The van der Waals surface area contributed by atoms with Crippen molar-refractivity contribution < 1.29 is 4.79 Å². The van der Waals surface area contributed by atoms with Crippen molar-refractivity contribution in [3.8, 4) is 0 Å². The first-order chi connectivity index (χ1) is 7.81. The average molecular weight is 241 g/mol. The Balaban J connectivity index is 1.93. The third kappa shape index (κ3) is 2.41. The number of alkyl halides is 1. The Bertz CT molecular complexity index is 351. The summed E-state index contributed by atoms with van der Waals surface area (Å²) in [5.74, 6) is 0.0691. The highest BCUT2D eigenvalue weighted by molar-refractivity contribution is 6.27. The highest BCUT2D eigenvalue weighted by Crippen LogP contribution is 2.13. The molecule has 2 heterocycles. The standard InChI is InChI=1S/C10H13ClN4O/c11-5-10(16)15-3-1-14(2-4-15)9-6-12-8-13-7-9/h6-8H,1-5H2. The zero-order valence-electron chi connectivity index (χ0n) is 8.84. The Morgan fingerprint density at radius 2 is 1.88 bits per heavy atom. The van der Waals surface area contributed by atoms with E-state index in [9.17, 15) is 4.79 Å². The summed E-state index contributed by atoms with van der Waals surface area (Å²) < 4.78 is 0. The topological polar surface area (TPSA) is 49.3 Å². The maximum Gasteiger partial charge on any atom is 0.237 e. The zero-order chi connectivity index (χ0) is 11.4. The Hall–Kier alpha value is -1.36. The number of hydrogen-bond acceptors (Lipinski definition) is 4. The SMILES string of the molecule is O=C(CCl)N1CCN(c2cncnc2)CC1. The maximum absolute atomic E-state index is 11.4. The molecule has 1 aromatic heterocycles. The minimum Gasteiger partial charge on any atom is -0.365 e. The average Bonchev–Trinajstić information content (AvgIpc) is 2.39. The fourth-order valence-corrected chi connectivity index (χ4v) is 1.92. The molecule has 0 aromatic carbocycles. The molecule has 2 rings (SSSR count). The molecule has 6 heteroatoms. The van der Waals surface area contributed by atoms with Crippen LogP contribution in [0.5, 0.6) is 0 Å². The van der Waals surface area contributed by atoms with Crippen LogP contribution in [-0.2, 0) is 4.79 Å². The van der Waals surface area contributed by atoms with Crippen LogP contribution in [0.15, 0.2) is 18.7 Å². The lowest BCUT2D eigenvalue weighted by molar-refractivity contribution is -0.128. The molecular weight excluding hydrogens is 228 g/mol. The van der Waals surface area contributed by atoms with Crippen LogP contribution in [0.25, 0.3) is 0 Å². The second kappa shape index (κ2) is 5.12. The van der Waals surface area contributed by atoms with Crippen LogP contribution in [0, 0.1) is 0 Å². The van der Waals surface area contributed by atoms with Crippen molar-refractivity contribution in [2.45, 2.75) is 0 Å². The largest absolute Gasteiger partial charge is 0.365 e. The number of amides is 1. The van der Waals surface area contributed by atoms with E-state index in [0.29, 0.717) is 13.1 Å². The van der Waals surface area contributed by atoms with Gasteiger partial charge < -0.3 is 9.80 Å². The number of nitrogens with zero attached hydrogens (tertiary/aromatic N) is 4. The van der Waals surface area contributed by atoms with Gasteiger partial charge in [-0.25, -0.2) is 9.97 Å². The van der Waals surface area contributed by atoms with Gasteiger partial charge in [-0.15, -0.1) is 11.6 Å². The van der Waals surface area contributed by atoms with Gasteiger partial charge >= 0.3 is 0 Å². The van der Waals surface area contributed by atoms with Crippen molar-refractivity contribution in [3.63, 3.8) is 0 Å². The van der Waals surface area contributed by atoms with Gasteiger partial charge in [0.25, 0.3) is 0 Å². The molecule has 0 bridgehead atoms. The minimum absolute atomic E-state index is 0.00521. The molecule has 1 aromatic rings. The summed E-state index contributed by atoms with van der Waals surface area (Å²) in [7, 11) is 0. The van der Waals surface area contributed by atoms with Gasteiger partial charge in [-0.05, 0) is 0 Å². The zero-order valence-corrected chi connectivity index (χ0v) is 9.60. The summed E-state index contributed by atoms with van der Waals surface area (Å²) in [6, 6.07) is 0. The molecule has 1 aliphatic heterocycles. The number of aromatic nitrogens is 2. The first kappa shape index (κ1) is 11.1. The predicted molar refractivity (Wildman–Crippen MR) is 61.5 cm³/mol. The van der Waals surface area contributed by atoms with E-state index >= 15 is 0 Å². The number of piperazine rings is 1. The normalized spacial score (nSPS) is 16.3. The van der Waals surface area contributed by atoms with Gasteiger partial charge in [0, 0.05) is 26.2 Å². The number of rotatable bonds is 2. The fourth-order valence-electron chi connectivity index (χ4n) is 1.75. The van der Waals surface area contributed by atoms with Gasteiger partial charge in [0.15, 0.2) is 0 Å². The third-order valence-corrected chi connectivity index (χ3v) is 2.89. The third-order valence-electron chi connectivity index (χ3n) is 2.66. The van der Waals surface area contributed by atoms with E-state index in [1.54, 1.807) is 17.3 Å². The van der Waals surface area contributed by atoms with Gasteiger partial charge in [-0.2, -0.15) is 0 Å². The second-order valence-electron chi connectivity index (χ2n) is 3.60. The van der Waals surface area contributed by atoms with Gasteiger partial charge in [0.2, 0.25) is 5.91 Å². The number of halogens is 1. The van der Waals surface area contributed by atoms with Gasteiger partial charge in [-0.3, -0.25) is 4.79 Å². The van der Waals surface area contributed by atoms with E-state index in [1.165, 1.54) is 6.33 Å².